The molecule has 0 bridgehead atoms. The number of likely N-dealkylation sites (tertiary alicyclic amines) is 1. The number of rotatable bonds is 6. The van der Waals surface area contributed by atoms with Crippen molar-refractivity contribution in [2.24, 2.45) is 11.8 Å². The minimum absolute atomic E-state index is 0.0119. The van der Waals surface area contributed by atoms with Crippen LogP contribution in [0.15, 0.2) is 12.3 Å². The van der Waals surface area contributed by atoms with Gasteiger partial charge in [0.1, 0.15) is 5.82 Å². The molecule has 138 valence electrons. The Balaban J connectivity index is 1.48. The highest BCUT2D eigenvalue weighted by Crippen LogP contribution is 2.40. The first-order valence-electron chi connectivity index (χ1n) is 9.22. The van der Waals surface area contributed by atoms with Crippen LogP contribution in [0, 0.1) is 11.8 Å². The van der Waals surface area contributed by atoms with Crippen molar-refractivity contribution >= 4 is 17.6 Å². The average molecular weight is 347 g/mol. The molecule has 25 heavy (non-hydrogen) atoms. The third-order valence-corrected chi connectivity index (χ3v) is 5.37. The van der Waals surface area contributed by atoms with Crippen LogP contribution in [0.3, 0.4) is 0 Å². The molecule has 7 heteroatoms. The van der Waals surface area contributed by atoms with E-state index in [1.54, 1.807) is 25.2 Å². The molecule has 0 radical (unpaired) electrons. The lowest BCUT2D eigenvalue weighted by molar-refractivity contribution is -0.134. The van der Waals surface area contributed by atoms with Crippen LogP contribution in [-0.2, 0) is 9.59 Å². The topological polar surface area (TPSA) is 70.5 Å². The second-order valence-electron chi connectivity index (χ2n) is 7.57. The Hall–Kier alpha value is -1.89. The van der Waals surface area contributed by atoms with Crippen LogP contribution in [0.2, 0.25) is 0 Å². The van der Waals surface area contributed by atoms with Crippen LogP contribution >= 0.6 is 0 Å². The second-order valence-corrected chi connectivity index (χ2v) is 7.57. The number of aromatic nitrogens is 2. The number of nitrogens with one attached hydrogen (secondary N) is 1. The monoisotopic (exact) mass is 347 g/mol. The summed E-state index contributed by atoms with van der Waals surface area (Å²) in [7, 11) is 3.60. The van der Waals surface area contributed by atoms with E-state index in [1.807, 2.05) is 10.7 Å². The molecule has 0 aromatic carbocycles. The highest BCUT2D eigenvalue weighted by atomic mass is 16.2. The molecule has 1 aromatic heterocycles. The van der Waals surface area contributed by atoms with Crippen molar-refractivity contribution in [1.82, 2.24) is 19.6 Å². The smallest absolute Gasteiger partial charge is 0.239 e. The summed E-state index contributed by atoms with van der Waals surface area (Å²) in [6.45, 7) is 4.10. The van der Waals surface area contributed by atoms with Crippen LogP contribution in [0.1, 0.15) is 38.6 Å². The Labute approximate surface area is 149 Å². The first kappa shape index (κ1) is 17.9. The molecular formula is C18H29N5O2. The van der Waals surface area contributed by atoms with Gasteiger partial charge in [-0.25, -0.2) is 4.68 Å². The molecule has 2 fully saturated rings. The predicted octanol–water partition coefficient (Wildman–Crippen LogP) is 1.59. The first-order chi connectivity index (χ1) is 12.0. The lowest BCUT2D eigenvalue weighted by atomic mass is 9.95. The van der Waals surface area contributed by atoms with Crippen molar-refractivity contribution in [3.05, 3.63) is 12.3 Å². The maximum absolute atomic E-state index is 12.4. The molecule has 1 atom stereocenters. The van der Waals surface area contributed by atoms with Gasteiger partial charge in [-0.3, -0.25) is 14.5 Å². The molecule has 2 amide bonds. The van der Waals surface area contributed by atoms with Crippen LogP contribution in [0.4, 0.5) is 5.82 Å². The number of amides is 2. The van der Waals surface area contributed by atoms with Crippen molar-refractivity contribution in [3.63, 3.8) is 0 Å². The zero-order chi connectivity index (χ0) is 18.0. The molecular weight excluding hydrogens is 318 g/mol. The van der Waals surface area contributed by atoms with Crippen molar-refractivity contribution in [2.75, 3.05) is 39.0 Å². The molecule has 1 aliphatic heterocycles. The molecule has 2 heterocycles. The number of anilines is 1. The van der Waals surface area contributed by atoms with Gasteiger partial charge >= 0.3 is 0 Å². The normalized spacial score (nSPS) is 20.3. The molecule has 3 rings (SSSR count). The molecule has 7 nitrogen and oxygen atoms in total. The van der Waals surface area contributed by atoms with Crippen LogP contribution < -0.4 is 5.32 Å². The fraction of sp³-hybridized carbons (Fsp3) is 0.722. The SMILES string of the molecule is CC(C1CC1)n1nccc1NC(=O)CN1CCC(C(=O)N(C)C)CC1. The van der Waals surface area contributed by atoms with E-state index in [1.165, 1.54) is 12.8 Å². The molecule has 1 saturated carbocycles. The van der Waals surface area contributed by atoms with Gasteiger partial charge in [0.2, 0.25) is 11.8 Å². The predicted molar refractivity (Wildman–Crippen MR) is 96.1 cm³/mol. The second kappa shape index (κ2) is 7.56. The molecule has 1 aromatic rings. The van der Waals surface area contributed by atoms with Crippen molar-refractivity contribution in [1.29, 1.82) is 0 Å². The highest BCUT2D eigenvalue weighted by Gasteiger charge is 2.31. The molecule has 1 saturated heterocycles. The van der Waals surface area contributed by atoms with Crippen LogP contribution in [0.5, 0.6) is 0 Å². The van der Waals surface area contributed by atoms with Gasteiger partial charge in [-0.05, 0) is 51.6 Å². The quantitative estimate of drug-likeness (QED) is 0.848. The Morgan fingerprint density at radius 3 is 2.56 bits per heavy atom. The maximum atomic E-state index is 12.4. The standard InChI is InChI=1S/C18H29N5O2/c1-13(14-4-5-14)23-16(6-9-19-23)20-17(24)12-22-10-7-15(8-11-22)18(25)21(2)3/h6,9,13-15H,4-5,7-8,10-12H2,1-3H3,(H,20,24). The number of carbonyl (C=O) groups is 2. The third kappa shape index (κ3) is 4.39. The molecule has 1 unspecified atom stereocenters. The minimum atomic E-state index is -0.0119. The number of nitrogens with zero attached hydrogens (tertiary/aromatic N) is 4. The van der Waals surface area contributed by atoms with Gasteiger partial charge in [0.05, 0.1) is 18.8 Å². The van der Waals surface area contributed by atoms with Gasteiger partial charge < -0.3 is 10.2 Å². The summed E-state index contributed by atoms with van der Waals surface area (Å²) in [4.78, 5) is 28.2. The Morgan fingerprint density at radius 1 is 1.28 bits per heavy atom. The van der Waals surface area contributed by atoms with Crippen LogP contribution in [-0.4, -0.2) is 65.1 Å². The number of piperidine rings is 1. The lowest BCUT2D eigenvalue weighted by Gasteiger charge is -2.31. The van der Waals surface area contributed by atoms with E-state index >= 15 is 0 Å². The summed E-state index contributed by atoms with van der Waals surface area (Å²) in [5.74, 6) is 1.74. The van der Waals surface area contributed by atoms with Crippen molar-refractivity contribution in [3.8, 4) is 0 Å². The van der Waals surface area contributed by atoms with E-state index in [9.17, 15) is 9.59 Å². The average Bonchev–Trinajstić information content (AvgIpc) is 3.34. The van der Waals surface area contributed by atoms with E-state index in [-0.39, 0.29) is 17.7 Å². The number of hydrogen-bond acceptors (Lipinski definition) is 4. The summed E-state index contributed by atoms with van der Waals surface area (Å²) >= 11 is 0. The molecule has 1 aliphatic carbocycles. The van der Waals surface area contributed by atoms with E-state index < -0.39 is 0 Å². The molecule has 0 spiro atoms. The van der Waals surface area contributed by atoms with Crippen molar-refractivity contribution < 1.29 is 9.59 Å². The van der Waals surface area contributed by atoms with Gasteiger partial charge in [0, 0.05) is 26.1 Å². The van der Waals surface area contributed by atoms with E-state index in [2.05, 4.69) is 22.2 Å². The Kier molecular flexibility index (Phi) is 5.42. The fourth-order valence-electron chi connectivity index (χ4n) is 3.60. The summed E-state index contributed by atoms with van der Waals surface area (Å²) in [5, 5.41) is 7.37. The molecule has 2 aliphatic rings. The minimum Gasteiger partial charge on any atom is -0.349 e. The third-order valence-electron chi connectivity index (χ3n) is 5.37. The summed E-state index contributed by atoms with van der Waals surface area (Å²) in [6, 6.07) is 2.19. The van der Waals surface area contributed by atoms with Gasteiger partial charge in [-0.1, -0.05) is 0 Å². The number of carbonyl (C=O) groups excluding carboxylic acids is 2. The van der Waals surface area contributed by atoms with E-state index in [0.717, 1.165) is 31.7 Å². The summed E-state index contributed by atoms with van der Waals surface area (Å²) < 4.78 is 1.93. The largest absolute Gasteiger partial charge is 0.349 e. The van der Waals surface area contributed by atoms with E-state index in [0.29, 0.717) is 18.5 Å². The van der Waals surface area contributed by atoms with Gasteiger partial charge in [0.25, 0.3) is 0 Å². The van der Waals surface area contributed by atoms with E-state index in [4.69, 9.17) is 0 Å². The van der Waals surface area contributed by atoms with Gasteiger partial charge in [0.15, 0.2) is 0 Å². The zero-order valence-corrected chi connectivity index (χ0v) is 15.4. The fourth-order valence-corrected chi connectivity index (χ4v) is 3.60. The Morgan fingerprint density at radius 2 is 1.96 bits per heavy atom. The Bertz CT molecular complexity index is 615. The summed E-state index contributed by atoms with van der Waals surface area (Å²) in [5.41, 5.74) is 0. The number of hydrogen-bond donors (Lipinski definition) is 1. The van der Waals surface area contributed by atoms with Gasteiger partial charge in [-0.15, -0.1) is 0 Å². The molecule has 1 N–H and O–H groups in total. The van der Waals surface area contributed by atoms with Crippen LogP contribution in [0.25, 0.3) is 0 Å². The maximum Gasteiger partial charge on any atom is 0.239 e. The van der Waals surface area contributed by atoms with Gasteiger partial charge in [-0.2, -0.15) is 5.10 Å². The highest BCUT2D eigenvalue weighted by molar-refractivity contribution is 5.91. The first-order valence-corrected chi connectivity index (χ1v) is 9.22. The lowest BCUT2D eigenvalue weighted by Crippen LogP contribution is -2.43. The zero-order valence-electron chi connectivity index (χ0n) is 15.4. The summed E-state index contributed by atoms with van der Waals surface area (Å²) in [6.07, 6.45) is 5.87. The van der Waals surface area contributed by atoms with Crippen molar-refractivity contribution in [2.45, 2.75) is 38.6 Å².